The van der Waals surface area contributed by atoms with Crippen LogP contribution in [0.3, 0.4) is 0 Å². The molecule has 1 rings (SSSR count). The van der Waals surface area contributed by atoms with Crippen LogP contribution in [0.5, 0.6) is 0 Å². The second-order valence-electron chi connectivity index (χ2n) is 2.59. The SMILES string of the molecule is C/C(=C\C(=O)N=O)C1CC1. The van der Waals surface area contributed by atoms with E-state index in [-0.39, 0.29) is 0 Å². The molecule has 0 saturated heterocycles. The standard InChI is InChI=1S/C7H9NO2/c1-5(6-2-3-6)4-7(9)8-10/h4,6H,2-3H2,1H3/b5-4+. The molecule has 3 nitrogen and oxygen atoms in total. The van der Waals surface area contributed by atoms with Crippen LogP contribution in [0.1, 0.15) is 19.8 Å². The summed E-state index contributed by atoms with van der Waals surface area (Å²) in [6.45, 7) is 1.86. The average molecular weight is 139 g/mol. The second-order valence-corrected chi connectivity index (χ2v) is 2.59. The third-order valence-electron chi connectivity index (χ3n) is 1.66. The molecule has 1 amide bonds. The normalized spacial score (nSPS) is 18.7. The molecule has 0 atom stereocenters. The van der Waals surface area contributed by atoms with Crippen LogP contribution in [-0.4, -0.2) is 5.91 Å². The predicted molar refractivity (Wildman–Crippen MR) is 37.3 cm³/mol. The monoisotopic (exact) mass is 139 g/mol. The highest BCUT2D eigenvalue weighted by Gasteiger charge is 2.23. The van der Waals surface area contributed by atoms with E-state index in [9.17, 15) is 9.70 Å². The molecule has 0 spiro atoms. The van der Waals surface area contributed by atoms with Gasteiger partial charge >= 0.3 is 5.91 Å². The summed E-state index contributed by atoms with van der Waals surface area (Å²) in [7, 11) is 0. The molecule has 0 aromatic rings. The summed E-state index contributed by atoms with van der Waals surface area (Å²) >= 11 is 0. The molecule has 0 N–H and O–H groups in total. The molecule has 0 heterocycles. The van der Waals surface area contributed by atoms with E-state index < -0.39 is 5.91 Å². The number of nitroso groups, excluding NO2 is 1. The molecule has 3 heteroatoms. The highest BCUT2D eigenvalue weighted by atomic mass is 16.3. The van der Waals surface area contributed by atoms with Crippen LogP contribution in [-0.2, 0) is 4.79 Å². The van der Waals surface area contributed by atoms with Gasteiger partial charge in [-0.1, -0.05) is 5.57 Å². The van der Waals surface area contributed by atoms with Crippen molar-refractivity contribution in [3.8, 4) is 0 Å². The molecule has 0 unspecified atom stereocenters. The van der Waals surface area contributed by atoms with Gasteiger partial charge < -0.3 is 0 Å². The van der Waals surface area contributed by atoms with Crippen LogP contribution in [0, 0.1) is 10.8 Å². The zero-order valence-corrected chi connectivity index (χ0v) is 5.83. The fourth-order valence-electron chi connectivity index (χ4n) is 0.878. The van der Waals surface area contributed by atoms with E-state index in [0.717, 1.165) is 18.4 Å². The number of nitrogens with zero attached hydrogens (tertiary/aromatic N) is 1. The van der Waals surface area contributed by atoms with Gasteiger partial charge in [0.1, 0.15) is 0 Å². The van der Waals surface area contributed by atoms with Crippen molar-refractivity contribution in [1.82, 2.24) is 0 Å². The van der Waals surface area contributed by atoms with Crippen LogP contribution in [0.15, 0.2) is 16.8 Å². The minimum atomic E-state index is -0.663. The molecule has 1 aliphatic carbocycles. The average Bonchev–Trinajstić information content (AvgIpc) is 2.68. The van der Waals surface area contributed by atoms with Crippen molar-refractivity contribution in [3.05, 3.63) is 16.6 Å². The van der Waals surface area contributed by atoms with E-state index >= 15 is 0 Å². The molecule has 0 aromatic carbocycles. The Morgan fingerprint density at radius 3 is 2.60 bits per heavy atom. The Balaban J connectivity index is 2.51. The summed E-state index contributed by atoms with van der Waals surface area (Å²) in [4.78, 5) is 20.0. The maximum absolute atomic E-state index is 10.4. The Bertz CT molecular complexity index is 192. The quantitative estimate of drug-likeness (QED) is 0.431. The molecule has 1 fully saturated rings. The third kappa shape index (κ3) is 1.76. The number of hydrogen-bond donors (Lipinski definition) is 0. The Hall–Kier alpha value is -0.990. The summed E-state index contributed by atoms with van der Waals surface area (Å²) in [5.74, 6) is -0.116. The van der Waals surface area contributed by atoms with Crippen LogP contribution >= 0.6 is 0 Å². The minimum absolute atomic E-state index is 0.547. The highest BCUT2D eigenvalue weighted by molar-refractivity contribution is 5.88. The van der Waals surface area contributed by atoms with E-state index in [2.05, 4.69) is 5.18 Å². The zero-order chi connectivity index (χ0) is 7.56. The van der Waals surface area contributed by atoms with Gasteiger partial charge in [-0.3, -0.25) is 4.79 Å². The lowest BCUT2D eigenvalue weighted by Crippen LogP contribution is -1.88. The van der Waals surface area contributed by atoms with E-state index in [1.165, 1.54) is 6.08 Å². The molecular formula is C7H9NO2. The number of carbonyl (C=O) groups is 1. The van der Waals surface area contributed by atoms with Gasteiger partial charge in [-0.2, -0.15) is 0 Å². The summed E-state index contributed by atoms with van der Waals surface area (Å²) in [5, 5.41) is 2.27. The fraction of sp³-hybridized carbons (Fsp3) is 0.571. The van der Waals surface area contributed by atoms with Gasteiger partial charge in [-0.15, -0.1) is 4.91 Å². The Morgan fingerprint density at radius 2 is 2.20 bits per heavy atom. The highest BCUT2D eigenvalue weighted by Crippen LogP contribution is 2.35. The van der Waals surface area contributed by atoms with E-state index in [1.807, 2.05) is 6.92 Å². The van der Waals surface area contributed by atoms with Crippen molar-refractivity contribution in [1.29, 1.82) is 0 Å². The number of amides is 1. The smallest absolute Gasteiger partial charge is 0.264 e. The van der Waals surface area contributed by atoms with Crippen molar-refractivity contribution in [2.75, 3.05) is 0 Å². The van der Waals surface area contributed by atoms with Gasteiger partial charge in [0.25, 0.3) is 0 Å². The maximum Gasteiger partial charge on any atom is 0.309 e. The van der Waals surface area contributed by atoms with Gasteiger partial charge in [-0.25, -0.2) is 0 Å². The topological polar surface area (TPSA) is 46.5 Å². The molecule has 1 saturated carbocycles. The fourth-order valence-corrected chi connectivity index (χ4v) is 0.878. The number of carbonyl (C=O) groups excluding carboxylic acids is 1. The molecule has 0 aromatic heterocycles. The first-order chi connectivity index (χ1) is 4.74. The Labute approximate surface area is 59.1 Å². The third-order valence-corrected chi connectivity index (χ3v) is 1.66. The molecule has 0 aliphatic heterocycles. The Kier molecular flexibility index (Phi) is 1.94. The molecule has 10 heavy (non-hydrogen) atoms. The number of hydrogen-bond acceptors (Lipinski definition) is 2. The van der Waals surface area contributed by atoms with Crippen molar-refractivity contribution in [2.24, 2.45) is 11.1 Å². The first-order valence-electron chi connectivity index (χ1n) is 3.29. The summed E-state index contributed by atoms with van der Waals surface area (Å²) in [6, 6.07) is 0. The predicted octanol–water partition coefficient (Wildman–Crippen LogP) is 1.64. The zero-order valence-electron chi connectivity index (χ0n) is 5.83. The maximum atomic E-state index is 10.4. The van der Waals surface area contributed by atoms with Gasteiger partial charge in [0.15, 0.2) is 0 Å². The lowest BCUT2D eigenvalue weighted by Gasteiger charge is -1.90. The summed E-state index contributed by atoms with van der Waals surface area (Å²) in [5.41, 5.74) is 0.990. The molecule has 0 bridgehead atoms. The van der Waals surface area contributed by atoms with Gasteiger partial charge in [0.05, 0.1) is 0 Å². The largest absolute Gasteiger partial charge is 0.309 e. The number of rotatable bonds is 2. The van der Waals surface area contributed by atoms with E-state index in [0.29, 0.717) is 5.92 Å². The van der Waals surface area contributed by atoms with Gasteiger partial charge in [0, 0.05) is 11.3 Å². The number of allylic oxidation sites excluding steroid dienone is 1. The minimum Gasteiger partial charge on any atom is -0.264 e. The van der Waals surface area contributed by atoms with E-state index in [1.54, 1.807) is 0 Å². The van der Waals surface area contributed by atoms with Crippen molar-refractivity contribution in [2.45, 2.75) is 19.8 Å². The second kappa shape index (κ2) is 2.73. The summed E-state index contributed by atoms with van der Waals surface area (Å²) < 4.78 is 0. The summed E-state index contributed by atoms with van der Waals surface area (Å²) in [6.07, 6.45) is 3.62. The molecule has 1 aliphatic rings. The molecule has 54 valence electrons. The van der Waals surface area contributed by atoms with Crippen LogP contribution in [0.25, 0.3) is 0 Å². The van der Waals surface area contributed by atoms with Crippen LogP contribution in [0.4, 0.5) is 0 Å². The first kappa shape index (κ1) is 7.12. The van der Waals surface area contributed by atoms with E-state index in [4.69, 9.17) is 0 Å². The van der Waals surface area contributed by atoms with Crippen LogP contribution < -0.4 is 0 Å². The Morgan fingerprint density at radius 1 is 1.60 bits per heavy atom. The first-order valence-corrected chi connectivity index (χ1v) is 3.29. The lowest BCUT2D eigenvalue weighted by atomic mass is 10.2. The van der Waals surface area contributed by atoms with Crippen molar-refractivity contribution >= 4 is 5.91 Å². The lowest BCUT2D eigenvalue weighted by molar-refractivity contribution is -0.113. The van der Waals surface area contributed by atoms with Crippen LogP contribution in [0.2, 0.25) is 0 Å². The van der Waals surface area contributed by atoms with Gasteiger partial charge in [0.2, 0.25) is 0 Å². The molecular weight excluding hydrogens is 130 g/mol. The van der Waals surface area contributed by atoms with Crippen molar-refractivity contribution < 1.29 is 4.79 Å². The van der Waals surface area contributed by atoms with Crippen molar-refractivity contribution in [3.63, 3.8) is 0 Å². The van der Waals surface area contributed by atoms with Gasteiger partial charge in [-0.05, 0) is 25.7 Å². The molecule has 0 radical (unpaired) electrons.